The van der Waals surface area contributed by atoms with Crippen LogP contribution in [-0.4, -0.2) is 23.5 Å². The molecule has 0 fully saturated rings. The van der Waals surface area contributed by atoms with Crippen molar-refractivity contribution in [3.63, 3.8) is 0 Å². The lowest BCUT2D eigenvalue weighted by molar-refractivity contribution is 0.0976. The van der Waals surface area contributed by atoms with Crippen molar-refractivity contribution in [2.75, 3.05) is 16.8 Å². The molecule has 2 heterocycles. The van der Waals surface area contributed by atoms with Gasteiger partial charge in [0.05, 0.1) is 0 Å². The van der Waals surface area contributed by atoms with E-state index in [1.54, 1.807) is 11.8 Å². The van der Waals surface area contributed by atoms with E-state index in [1.165, 1.54) is 31.2 Å². The Labute approximate surface area is 161 Å². The van der Waals surface area contributed by atoms with Gasteiger partial charge in [-0.2, -0.15) is 0 Å². The second-order valence-corrected chi connectivity index (χ2v) is 7.57. The van der Waals surface area contributed by atoms with Crippen LogP contribution in [0.1, 0.15) is 55.1 Å². The molecule has 1 unspecified atom stereocenters. The summed E-state index contributed by atoms with van der Waals surface area (Å²) in [4.78, 5) is 19.3. The zero-order chi connectivity index (χ0) is 18.6. The van der Waals surface area contributed by atoms with Gasteiger partial charge in [0.15, 0.2) is 0 Å². The highest BCUT2D eigenvalue weighted by Crippen LogP contribution is 2.33. The number of allylic oxidation sites excluding steroid dienone is 1. The zero-order valence-corrected chi connectivity index (χ0v) is 15.9. The third-order valence-electron chi connectivity index (χ3n) is 5.57. The molecule has 1 amide bonds. The summed E-state index contributed by atoms with van der Waals surface area (Å²) in [5, 5.41) is 3.46. The molecule has 1 atom stereocenters. The Kier molecular flexibility index (Phi) is 5.23. The van der Waals surface area contributed by atoms with Crippen molar-refractivity contribution >= 4 is 17.3 Å². The molecule has 27 heavy (non-hydrogen) atoms. The first-order chi connectivity index (χ1) is 13.2. The van der Waals surface area contributed by atoms with Crippen molar-refractivity contribution in [3.05, 3.63) is 65.5 Å². The molecule has 0 radical (unpaired) electrons. The fourth-order valence-corrected chi connectivity index (χ4v) is 4.15. The van der Waals surface area contributed by atoms with Gasteiger partial charge in [0.25, 0.3) is 5.91 Å². The number of nitrogens with one attached hydrogen (secondary N) is 1. The number of anilines is 2. The predicted molar refractivity (Wildman–Crippen MR) is 110 cm³/mol. The van der Waals surface area contributed by atoms with E-state index in [9.17, 15) is 4.79 Å². The number of carbonyl (C=O) groups is 1. The molecule has 1 aromatic heterocycles. The summed E-state index contributed by atoms with van der Waals surface area (Å²) >= 11 is 0. The average molecular weight is 361 g/mol. The monoisotopic (exact) mass is 361 g/mol. The SMILES string of the molecule is CC1Cc2ccccc2N1C(=O)c1cc(NCCC2=CCCCC2)ccn1. The number of carbonyl (C=O) groups excluding carboxylic acids is 1. The number of pyridine rings is 1. The van der Waals surface area contributed by atoms with Crippen LogP contribution in [0.15, 0.2) is 54.2 Å². The Bertz CT molecular complexity index is 858. The third-order valence-corrected chi connectivity index (χ3v) is 5.57. The highest BCUT2D eigenvalue weighted by Gasteiger charge is 2.31. The number of hydrogen-bond donors (Lipinski definition) is 1. The Hall–Kier alpha value is -2.62. The fraction of sp³-hybridized carbons (Fsp3) is 0.391. The maximum Gasteiger partial charge on any atom is 0.277 e. The van der Waals surface area contributed by atoms with Gasteiger partial charge in [-0.15, -0.1) is 0 Å². The number of nitrogens with zero attached hydrogens (tertiary/aromatic N) is 2. The van der Waals surface area contributed by atoms with Gasteiger partial charge in [0.1, 0.15) is 5.69 Å². The topological polar surface area (TPSA) is 45.2 Å². The minimum absolute atomic E-state index is 0.0221. The molecular formula is C23H27N3O. The van der Waals surface area contributed by atoms with E-state index in [2.05, 4.69) is 29.4 Å². The Morgan fingerprint density at radius 1 is 1.26 bits per heavy atom. The van der Waals surface area contributed by atoms with Crippen LogP contribution < -0.4 is 10.2 Å². The van der Waals surface area contributed by atoms with Crippen LogP contribution in [-0.2, 0) is 6.42 Å². The summed E-state index contributed by atoms with van der Waals surface area (Å²) in [5.41, 5.74) is 5.26. The number of aromatic nitrogens is 1. The third kappa shape index (κ3) is 3.90. The second kappa shape index (κ2) is 7.95. The molecule has 0 spiro atoms. The van der Waals surface area contributed by atoms with Crippen molar-refractivity contribution in [2.24, 2.45) is 0 Å². The van der Waals surface area contributed by atoms with E-state index < -0.39 is 0 Å². The number of para-hydroxylation sites is 1. The van der Waals surface area contributed by atoms with Crippen LogP contribution in [0.25, 0.3) is 0 Å². The largest absolute Gasteiger partial charge is 0.385 e. The van der Waals surface area contributed by atoms with Crippen LogP contribution >= 0.6 is 0 Å². The number of amides is 1. The average Bonchev–Trinajstić information content (AvgIpc) is 3.04. The van der Waals surface area contributed by atoms with Crippen molar-refractivity contribution < 1.29 is 4.79 Å². The van der Waals surface area contributed by atoms with E-state index in [0.29, 0.717) is 5.69 Å². The summed E-state index contributed by atoms with van der Waals surface area (Å²) in [6.45, 7) is 2.99. The van der Waals surface area contributed by atoms with Crippen molar-refractivity contribution in [3.8, 4) is 0 Å². The summed E-state index contributed by atoms with van der Waals surface area (Å²) in [5.74, 6) is -0.0221. The number of benzene rings is 1. The minimum Gasteiger partial charge on any atom is -0.385 e. The lowest BCUT2D eigenvalue weighted by Crippen LogP contribution is -2.36. The van der Waals surface area contributed by atoms with E-state index in [-0.39, 0.29) is 11.9 Å². The molecule has 2 aliphatic rings. The van der Waals surface area contributed by atoms with Crippen molar-refractivity contribution in [2.45, 2.75) is 51.5 Å². The molecule has 140 valence electrons. The van der Waals surface area contributed by atoms with Gasteiger partial charge in [-0.05, 0) is 69.2 Å². The molecule has 1 aromatic carbocycles. The molecule has 0 saturated heterocycles. The smallest absolute Gasteiger partial charge is 0.277 e. The maximum absolute atomic E-state index is 13.1. The van der Waals surface area contributed by atoms with Gasteiger partial charge < -0.3 is 10.2 Å². The van der Waals surface area contributed by atoms with E-state index >= 15 is 0 Å². The fourth-order valence-electron chi connectivity index (χ4n) is 4.15. The maximum atomic E-state index is 13.1. The molecule has 4 rings (SSSR count). The van der Waals surface area contributed by atoms with Crippen LogP contribution in [0, 0.1) is 0 Å². The van der Waals surface area contributed by atoms with Gasteiger partial charge in [-0.3, -0.25) is 9.78 Å². The number of rotatable bonds is 5. The van der Waals surface area contributed by atoms with Gasteiger partial charge in [0, 0.05) is 30.2 Å². The Balaban J connectivity index is 1.44. The first kappa shape index (κ1) is 17.8. The zero-order valence-electron chi connectivity index (χ0n) is 15.9. The number of hydrogen-bond acceptors (Lipinski definition) is 3. The molecule has 4 nitrogen and oxygen atoms in total. The normalized spacial score (nSPS) is 18.8. The van der Waals surface area contributed by atoms with E-state index in [1.807, 2.05) is 35.2 Å². The van der Waals surface area contributed by atoms with Crippen LogP contribution in [0.4, 0.5) is 11.4 Å². The lowest BCUT2D eigenvalue weighted by atomic mass is 9.97. The summed E-state index contributed by atoms with van der Waals surface area (Å²) < 4.78 is 0. The molecule has 1 aliphatic heterocycles. The first-order valence-corrected chi connectivity index (χ1v) is 10.0. The lowest BCUT2D eigenvalue weighted by Gasteiger charge is -2.22. The Morgan fingerprint density at radius 2 is 2.15 bits per heavy atom. The molecular weight excluding hydrogens is 334 g/mol. The quantitative estimate of drug-likeness (QED) is 0.764. The molecule has 2 aromatic rings. The first-order valence-electron chi connectivity index (χ1n) is 10.0. The minimum atomic E-state index is -0.0221. The van der Waals surface area contributed by atoms with E-state index in [0.717, 1.165) is 30.8 Å². The van der Waals surface area contributed by atoms with Crippen molar-refractivity contribution in [1.82, 2.24) is 4.98 Å². The highest BCUT2D eigenvalue weighted by molar-refractivity contribution is 6.06. The summed E-state index contributed by atoms with van der Waals surface area (Å²) in [7, 11) is 0. The van der Waals surface area contributed by atoms with Gasteiger partial charge in [0.2, 0.25) is 0 Å². The van der Waals surface area contributed by atoms with Crippen molar-refractivity contribution in [1.29, 1.82) is 0 Å². The van der Waals surface area contributed by atoms with Crippen LogP contribution in [0.5, 0.6) is 0 Å². The molecule has 4 heteroatoms. The Morgan fingerprint density at radius 3 is 3.00 bits per heavy atom. The molecule has 1 aliphatic carbocycles. The standard InChI is InChI=1S/C23H27N3O/c1-17-15-19-9-5-6-10-22(19)26(17)23(27)21-16-20(12-14-25-21)24-13-11-18-7-3-2-4-8-18/h5-7,9-10,12,14,16-17H,2-4,8,11,13,15H2,1H3,(H,24,25). The van der Waals surface area contributed by atoms with Crippen LogP contribution in [0.2, 0.25) is 0 Å². The highest BCUT2D eigenvalue weighted by atomic mass is 16.2. The second-order valence-electron chi connectivity index (χ2n) is 7.57. The predicted octanol–water partition coefficient (Wildman–Crippen LogP) is 4.98. The van der Waals surface area contributed by atoms with Crippen LogP contribution in [0.3, 0.4) is 0 Å². The molecule has 1 N–H and O–H groups in total. The van der Waals surface area contributed by atoms with Gasteiger partial charge in [-0.1, -0.05) is 29.8 Å². The van der Waals surface area contributed by atoms with Gasteiger partial charge >= 0.3 is 0 Å². The molecule has 0 saturated carbocycles. The van der Waals surface area contributed by atoms with Gasteiger partial charge in [-0.25, -0.2) is 0 Å². The van der Waals surface area contributed by atoms with E-state index in [4.69, 9.17) is 0 Å². The number of fused-ring (bicyclic) bond motifs is 1. The molecule has 0 bridgehead atoms. The summed E-state index contributed by atoms with van der Waals surface area (Å²) in [6.07, 6.45) is 11.2. The summed E-state index contributed by atoms with van der Waals surface area (Å²) in [6, 6.07) is 12.1.